The number of hydrogen-bond donors (Lipinski definition) is 1. The molecule has 106 valence electrons. The third kappa shape index (κ3) is 3.25. The molecule has 2 heterocycles. The van der Waals surface area contributed by atoms with E-state index in [0.717, 1.165) is 19.5 Å². The van der Waals surface area contributed by atoms with Crippen molar-refractivity contribution >= 4 is 0 Å². The molecular weight excluding hydrogens is 236 g/mol. The van der Waals surface area contributed by atoms with E-state index in [9.17, 15) is 0 Å². The summed E-state index contributed by atoms with van der Waals surface area (Å²) in [6.07, 6.45) is 7.52. The molecule has 1 aliphatic heterocycles. The van der Waals surface area contributed by atoms with Crippen LogP contribution in [0.2, 0.25) is 0 Å². The second-order valence-electron chi connectivity index (χ2n) is 6.42. The SMILES string of the molecule is Cn1cc(C(CN)N2CC=C(C(C)(C)C)CC2)cn1. The summed E-state index contributed by atoms with van der Waals surface area (Å²) >= 11 is 0. The lowest BCUT2D eigenvalue weighted by Crippen LogP contribution is -2.37. The van der Waals surface area contributed by atoms with Crippen LogP contribution < -0.4 is 5.73 Å². The van der Waals surface area contributed by atoms with Gasteiger partial charge in [0.1, 0.15) is 0 Å². The van der Waals surface area contributed by atoms with E-state index in [1.165, 1.54) is 5.56 Å². The van der Waals surface area contributed by atoms with Crippen LogP contribution in [0.25, 0.3) is 0 Å². The summed E-state index contributed by atoms with van der Waals surface area (Å²) < 4.78 is 1.85. The first kappa shape index (κ1) is 14.3. The highest BCUT2D eigenvalue weighted by Gasteiger charge is 2.26. The molecule has 1 aromatic rings. The van der Waals surface area contributed by atoms with E-state index in [0.29, 0.717) is 12.0 Å². The van der Waals surface area contributed by atoms with Gasteiger partial charge in [0.25, 0.3) is 0 Å². The molecule has 4 nitrogen and oxygen atoms in total. The van der Waals surface area contributed by atoms with Crippen molar-refractivity contribution in [2.24, 2.45) is 18.2 Å². The molecular formula is C15H26N4. The Balaban J connectivity index is 2.09. The second-order valence-corrected chi connectivity index (χ2v) is 6.42. The van der Waals surface area contributed by atoms with Crippen LogP contribution in [0.1, 0.15) is 38.8 Å². The molecule has 19 heavy (non-hydrogen) atoms. The van der Waals surface area contributed by atoms with E-state index in [-0.39, 0.29) is 6.04 Å². The number of hydrogen-bond acceptors (Lipinski definition) is 3. The first-order valence-electron chi connectivity index (χ1n) is 7.04. The van der Waals surface area contributed by atoms with Crippen molar-refractivity contribution in [1.82, 2.24) is 14.7 Å². The summed E-state index contributed by atoms with van der Waals surface area (Å²) in [5.74, 6) is 0. The van der Waals surface area contributed by atoms with Crippen LogP contribution in [0, 0.1) is 5.41 Å². The monoisotopic (exact) mass is 262 g/mol. The highest BCUT2D eigenvalue weighted by molar-refractivity contribution is 5.18. The van der Waals surface area contributed by atoms with Gasteiger partial charge in [-0.25, -0.2) is 0 Å². The van der Waals surface area contributed by atoms with E-state index in [1.807, 2.05) is 17.9 Å². The zero-order chi connectivity index (χ0) is 14.0. The molecule has 4 heteroatoms. The molecule has 2 rings (SSSR count). The molecule has 0 aliphatic carbocycles. The minimum Gasteiger partial charge on any atom is -0.329 e. The molecule has 0 bridgehead atoms. The van der Waals surface area contributed by atoms with Gasteiger partial charge in [0.15, 0.2) is 0 Å². The summed E-state index contributed by atoms with van der Waals surface area (Å²) in [5.41, 5.74) is 9.04. The van der Waals surface area contributed by atoms with Gasteiger partial charge in [-0.1, -0.05) is 32.4 Å². The minimum atomic E-state index is 0.284. The van der Waals surface area contributed by atoms with Crippen LogP contribution in [0.3, 0.4) is 0 Å². The Morgan fingerprint density at radius 1 is 1.42 bits per heavy atom. The zero-order valence-corrected chi connectivity index (χ0v) is 12.6. The largest absolute Gasteiger partial charge is 0.329 e. The lowest BCUT2D eigenvalue weighted by Gasteiger charge is -2.36. The van der Waals surface area contributed by atoms with Crippen LogP contribution in [0.15, 0.2) is 24.0 Å². The van der Waals surface area contributed by atoms with E-state index in [2.05, 4.69) is 43.0 Å². The maximum absolute atomic E-state index is 5.97. The summed E-state index contributed by atoms with van der Waals surface area (Å²) in [4.78, 5) is 2.45. The topological polar surface area (TPSA) is 47.1 Å². The lowest BCUT2D eigenvalue weighted by molar-refractivity contribution is 0.209. The number of nitrogens with zero attached hydrogens (tertiary/aromatic N) is 3. The third-order valence-electron chi connectivity index (χ3n) is 3.98. The molecule has 0 amide bonds. The Labute approximate surface area is 116 Å². The van der Waals surface area contributed by atoms with Gasteiger partial charge < -0.3 is 5.73 Å². The van der Waals surface area contributed by atoms with Gasteiger partial charge in [0.05, 0.1) is 12.2 Å². The van der Waals surface area contributed by atoms with Gasteiger partial charge in [-0.05, 0) is 11.8 Å². The Hall–Kier alpha value is -1.13. The molecule has 1 aromatic heterocycles. The first-order valence-corrected chi connectivity index (χ1v) is 7.04. The van der Waals surface area contributed by atoms with E-state index in [1.54, 1.807) is 5.57 Å². The van der Waals surface area contributed by atoms with Gasteiger partial charge >= 0.3 is 0 Å². The number of rotatable bonds is 3. The molecule has 0 fully saturated rings. The predicted molar refractivity (Wildman–Crippen MR) is 78.7 cm³/mol. The van der Waals surface area contributed by atoms with Gasteiger partial charge in [-0.2, -0.15) is 5.10 Å². The fraction of sp³-hybridized carbons (Fsp3) is 0.667. The van der Waals surface area contributed by atoms with Gasteiger partial charge in [0, 0.05) is 38.4 Å². The Morgan fingerprint density at radius 3 is 2.58 bits per heavy atom. The minimum absolute atomic E-state index is 0.284. The molecule has 0 radical (unpaired) electrons. The number of nitrogens with two attached hydrogens (primary N) is 1. The smallest absolute Gasteiger partial charge is 0.0538 e. The van der Waals surface area contributed by atoms with Crippen LogP contribution in [0.4, 0.5) is 0 Å². The molecule has 1 atom stereocenters. The Morgan fingerprint density at radius 2 is 2.16 bits per heavy atom. The van der Waals surface area contributed by atoms with Gasteiger partial charge in [-0.15, -0.1) is 0 Å². The van der Waals surface area contributed by atoms with Crippen molar-refractivity contribution in [2.75, 3.05) is 19.6 Å². The average Bonchev–Trinajstić information content (AvgIpc) is 2.76. The third-order valence-corrected chi connectivity index (χ3v) is 3.98. The van der Waals surface area contributed by atoms with Crippen LogP contribution in [0.5, 0.6) is 0 Å². The van der Waals surface area contributed by atoms with Crippen LogP contribution in [-0.2, 0) is 7.05 Å². The van der Waals surface area contributed by atoms with Crippen molar-refractivity contribution in [1.29, 1.82) is 0 Å². The van der Waals surface area contributed by atoms with Crippen molar-refractivity contribution in [3.63, 3.8) is 0 Å². The van der Waals surface area contributed by atoms with Gasteiger partial charge in [0.2, 0.25) is 0 Å². The highest BCUT2D eigenvalue weighted by Crippen LogP contribution is 2.32. The van der Waals surface area contributed by atoms with E-state index in [4.69, 9.17) is 5.73 Å². The molecule has 1 aliphatic rings. The Kier molecular flexibility index (Phi) is 4.11. The molecule has 0 aromatic carbocycles. The average molecular weight is 262 g/mol. The zero-order valence-electron chi connectivity index (χ0n) is 12.6. The summed E-state index contributed by atoms with van der Waals surface area (Å²) in [5, 5.41) is 4.25. The molecule has 0 saturated heterocycles. The van der Waals surface area contributed by atoms with Crippen molar-refractivity contribution < 1.29 is 0 Å². The van der Waals surface area contributed by atoms with Crippen LogP contribution >= 0.6 is 0 Å². The first-order chi connectivity index (χ1) is 8.91. The number of aryl methyl sites for hydroxylation is 1. The maximum atomic E-state index is 5.97. The number of aromatic nitrogens is 2. The van der Waals surface area contributed by atoms with E-state index >= 15 is 0 Å². The van der Waals surface area contributed by atoms with Crippen molar-refractivity contribution in [3.8, 4) is 0 Å². The predicted octanol–water partition coefficient (Wildman–Crippen LogP) is 2.10. The molecule has 1 unspecified atom stereocenters. The fourth-order valence-corrected chi connectivity index (χ4v) is 2.76. The molecule has 0 spiro atoms. The summed E-state index contributed by atoms with van der Waals surface area (Å²) in [6.45, 7) is 9.58. The van der Waals surface area contributed by atoms with Gasteiger partial charge in [-0.3, -0.25) is 9.58 Å². The summed E-state index contributed by atoms with van der Waals surface area (Å²) in [6, 6.07) is 0.284. The quantitative estimate of drug-likeness (QED) is 0.849. The second kappa shape index (κ2) is 5.47. The van der Waals surface area contributed by atoms with Crippen LogP contribution in [-0.4, -0.2) is 34.3 Å². The molecule has 0 saturated carbocycles. The maximum Gasteiger partial charge on any atom is 0.0538 e. The highest BCUT2D eigenvalue weighted by atomic mass is 15.3. The Bertz CT molecular complexity index is 453. The van der Waals surface area contributed by atoms with E-state index < -0.39 is 0 Å². The fourth-order valence-electron chi connectivity index (χ4n) is 2.76. The summed E-state index contributed by atoms with van der Waals surface area (Å²) in [7, 11) is 1.95. The normalized spacial score (nSPS) is 19.3. The lowest BCUT2D eigenvalue weighted by atomic mass is 9.82. The van der Waals surface area contributed by atoms with Crippen molar-refractivity contribution in [2.45, 2.75) is 33.2 Å². The van der Waals surface area contributed by atoms with Crippen molar-refractivity contribution in [3.05, 3.63) is 29.6 Å². The standard InChI is InChI=1S/C15H26N4/c1-15(2,3)13-5-7-19(8-6-13)14(9-16)12-10-17-18(4)11-12/h5,10-11,14H,6-9,16H2,1-4H3. The molecule has 2 N–H and O–H groups in total.